The second-order valence-electron chi connectivity index (χ2n) is 13.7. The normalized spacial score (nSPS) is 20.7. The van der Waals surface area contributed by atoms with Crippen LogP contribution >= 0.6 is 31.1 Å². The first-order valence-corrected chi connectivity index (χ1v) is 19.4. The molecule has 2 rings (SSSR count). The number of thioether (sulfide) groups is 2. The van der Waals surface area contributed by atoms with E-state index in [1.807, 2.05) is 55.4 Å². The highest BCUT2D eigenvalue weighted by Crippen LogP contribution is 2.49. The number of H-pyrrole nitrogens is 1. The van der Waals surface area contributed by atoms with Gasteiger partial charge in [-0.25, -0.2) is 4.79 Å². The van der Waals surface area contributed by atoms with E-state index in [2.05, 4.69) is 4.98 Å². The molecule has 1 aromatic heterocycles. The van der Waals surface area contributed by atoms with Gasteiger partial charge in [0, 0.05) is 47.1 Å². The third-order valence-corrected chi connectivity index (χ3v) is 11.3. The fourth-order valence-corrected chi connectivity index (χ4v) is 7.72. The van der Waals surface area contributed by atoms with Crippen molar-refractivity contribution < 1.29 is 42.1 Å². The van der Waals surface area contributed by atoms with Gasteiger partial charge in [-0.15, -0.1) is 0 Å². The van der Waals surface area contributed by atoms with E-state index in [1.54, 1.807) is 14.0 Å². The maximum atomic E-state index is 13.8. The second-order valence-corrected chi connectivity index (χ2v) is 17.9. The summed E-state index contributed by atoms with van der Waals surface area (Å²) in [6.45, 7) is 17.1. The molecule has 0 spiro atoms. The summed E-state index contributed by atoms with van der Waals surface area (Å²) in [6, 6.07) is 0. The number of aryl methyl sites for hydroxylation is 1. The average Bonchev–Trinajstić information content (AvgIpc) is 3.32. The van der Waals surface area contributed by atoms with Gasteiger partial charge in [-0.1, -0.05) is 78.9 Å². The topological polar surface area (TPSA) is 161 Å². The summed E-state index contributed by atoms with van der Waals surface area (Å²) in [4.78, 5) is 51.8. The molecule has 0 aliphatic carbocycles. The predicted octanol–water partition coefficient (Wildman–Crippen LogP) is 4.86. The van der Waals surface area contributed by atoms with Crippen LogP contribution in [0.5, 0.6) is 0 Å². The minimum Gasteiger partial charge on any atom is -0.382 e. The highest BCUT2D eigenvalue weighted by atomic mass is 32.2. The van der Waals surface area contributed by atoms with Gasteiger partial charge in [0.1, 0.15) is 12.5 Å². The van der Waals surface area contributed by atoms with Gasteiger partial charge in [0.05, 0.1) is 39.1 Å². The molecule has 0 amide bonds. The van der Waals surface area contributed by atoms with E-state index in [1.165, 1.54) is 10.8 Å². The van der Waals surface area contributed by atoms with Crippen molar-refractivity contribution in [3.05, 3.63) is 32.6 Å². The molecule has 1 unspecified atom stereocenters. The average molecular weight is 725 g/mol. The zero-order valence-corrected chi connectivity index (χ0v) is 31.9. The molecule has 1 aliphatic rings. The number of aromatic nitrogens is 2. The third kappa shape index (κ3) is 13.2. The van der Waals surface area contributed by atoms with Gasteiger partial charge in [0.25, 0.3) is 5.56 Å². The molecule has 13 nitrogen and oxygen atoms in total. The number of rotatable bonds is 18. The van der Waals surface area contributed by atoms with E-state index in [-0.39, 0.29) is 60.0 Å². The lowest BCUT2D eigenvalue weighted by atomic mass is 9.87. The van der Waals surface area contributed by atoms with Gasteiger partial charge in [0.2, 0.25) is 0 Å². The number of hydrogen-bond acceptors (Lipinski definition) is 13. The van der Waals surface area contributed by atoms with E-state index < -0.39 is 54.5 Å². The van der Waals surface area contributed by atoms with E-state index in [0.717, 1.165) is 23.5 Å². The first-order valence-electron chi connectivity index (χ1n) is 15.7. The Balaban J connectivity index is 2.19. The van der Waals surface area contributed by atoms with Crippen LogP contribution in [0.2, 0.25) is 0 Å². The number of carbonyl (C=O) groups excluding carboxylic acids is 2. The first kappa shape index (κ1) is 41.9. The number of hydrogen-bond donors (Lipinski definition) is 1. The van der Waals surface area contributed by atoms with Crippen molar-refractivity contribution in [1.82, 2.24) is 9.55 Å². The summed E-state index contributed by atoms with van der Waals surface area (Å²) < 4.78 is 50.2. The molecule has 47 heavy (non-hydrogen) atoms. The fourth-order valence-electron chi connectivity index (χ4n) is 4.61. The first-order chi connectivity index (χ1) is 21.8. The molecule has 1 aliphatic heterocycles. The Hall–Kier alpha value is -1.29. The standard InChI is InChI=1S/C31H53N2O11PS2/c1-20(2)23-22(44-26(24(23)41-12-11-39-10)33-17-21(3)25(34)32-29(33)37)18-40-19-45(38,42-13-15-46-27(35)30(4,5)6)43-14-16-47-28(36)31(7,8)9/h17,20,22-24,26H,11-16,18-19H2,1-10H3,(H,32,34,37)/t22-,23?,24-,26-/m1/s1. The van der Waals surface area contributed by atoms with Gasteiger partial charge in [-0.05, 0) is 12.8 Å². The Labute approximate surface area is 286 Å². The smallest absolute Gasteiger partial charge is 0.356 e. The van der Waals surface area contributed by atoms with E-state index in [9.17, 15) is 23.7 Å². The zero-order valence-electron chi connectivity index (χ0n) is 29.3. The minimum absolute atomic E-state index is 0.0122. The molecule has 2 heterocycles. The van der Waals surface area contributed by atoms with Crippen molar-refractivity contribution in [2.45, 2.75) is 80.7 Å². The maximum Gasteiger partial charge on any atom is 0.356 e. The largest absolute Gasteiger partial charge is 0.382 e. The number of methoxy groups -OCH3 is 1. The van der Waals surface area contributed by atoms with Crippen LogP contribution in [-0.2, 0) is 42.1 Å². The molecule has 0 aromatic carbocycles. The molecule has 1 saturated heterocycles. The Morgan fingerprint density at radius 3 is 2.02 bits per heavy atom. The van der Waals surface area contributed by atoms with Gasteiger partial charge >= 0.3 is 13.3 Å². The monoisotopic (exact) mass is 724 g/mol. The lowest BCUT2D eigenvalue weighted by Gasteiger charge is -2.28. The Kier molecular flexibility index (Phi) is 16.6. The van der Waals surface area contributed by atoms with Crippen molar-refractivity contribution in [2.75, 3.05) is 58.0 Å². The third-order valence-electron chi connectivity index (χ3n) is 7.16. The quantitative estimate of drug-likeness (QED) is 0.162. The summed E-state index contributed by atoms with van der Waals surface area (Å²) in [5.74, 6) is 0.320. The van der Waals surface area contributed by atoms with Gasteiger partial charge in [-0.2, -0.15) is 0 Å². The van der Waals surface area contributed by atoms with Crippen LogP contribution in [0, 0.1) is 29.6 Å². The Morgan fingerprint density at radius 1 is 0.979 bits per heavy atom. The Bertz CT molecular complexity index is 1300. The molecular formula is C31H53N2O11PS2. The number of nitrogens with one attached hydrogen (secondary N) is 1. The number of carbonyl (C=O) groups is 2. The Morgan fingerprint density at radius 2 is 1.53 bits per heavy atom. The van der Waals surface area contributed by atoms with Crippen LogP contribution in [-0.4, -0.2) is 90.0 Å². The predicted molar refractivity (Wildman–Crippen MR) is 184 cm³/mol. The van der Waals surface area contributed by atoms with Gasteiger partial charge in [-0.3, -0.25) is 28.5 Å². The van der Waals surface area contributed by atoms with Crippen molar-refractivity contribution >= 4 is 41.4 Å². The van der Waals surface area contributed by atoms with Crippen molar-refractivity contribution in [3.8, 4) is 0 Å². The van der Waals surface area contributed by atoms with E-state index in [4.69, 9.17) is 28.0 Å². The van der Waals surface area contributed by atoms with Crippen molar-refractivity contribution in [3.63, 3.8) is 0 Å². The lowest BCUT2D eigenvalue weighted by Crippen LogP contribution is -2.39. The van der Waals surface area contributed by atoms with Crippen LogP contribution in [0.4, 0.5) is 0 Å². The molecule has 0 bridgehead atoms. The number of ether oxygens (including phenoxy) is 4. The molecule has 1 fully saturated rings. The molecular weight excluding hydrogens is 671 g/mol. The van der Waals surface area contributed by atoms with Gasteiger partial charge in [0.15, 0.2) is 16.5 Å². The maximum absolute atomic E-state index is 13.8. The van der Waals surface area contributed by atoms with Crippen molar-refractivity contribution in [2.24, 2.45) is 22.7 Å². The van der Waals surface area contributed by atoms with Crippen LogP contribution in [0.1, 0.15) is 67.2 Å². The van der Waals surface area contributed by atoms with E-state index >= 15 is 0 Å². The lowest BCUT2D eigenvalue weighted by molar-refractivity contribution is -0.118. The van der Waals surface area contributed by atoms with E-state index in [0.29, 0.717) is 12.2 Å². The highest BCUT2D eigenvalue weighted by Gasteiger charge is 2.48. The number of aromatic amines is 1. The number of nitrogens with zero attached hydrogens (tertiary/aromatic N) is 1. The minimum atomic E-state index is -3.82. The summed E-state index contributed by atoms with van der Waals surface area (Å²) >= 11 is 2.19. The summed E-state index contributed by atoms with van der Waals surface area (Å²) in [5.41, 5.74) is -1.84. The van der Waals surface area contributed by atoms with Crippen LogP contribution in [0.15, 0.2) is 15.8 Å². The summed E-state index contributed by atoms with van der Waals surface area (Å²) in [5, 5.41) is -0.0335. The molecule has 4 atom stereocenters. The van der Waals surface area contributed by atoms with Crippen molar-refractivity contribution in [1.29, 1.82) is 0 Å². The molecule has 0 saturated carbocycles. The van der Waals surface area contributed by atoms with Gasteiger partial charge < -0.3 is 28.0 Å². The molecule has 1 aromatic rings. The highest BCUT2D eigenvalue weighted by molar-refractivity contribution is 8.14. The zero-order chi connectivity index (χ0) is 35.6. The fraction of sp³-hybridized carbons (Fsp3) is 0.806. The van der Waals surface area contributed by atoms with Crippen LogP contribution < -0.4 is 11.2 Å². The van der Waals surface area contributed by atoms with Crippen LogP contribution in [0.3, 0.4) is 0 Å². The molecule has 1 N–H and O–H groups in total. The SMILES string of the molecule is COCCO[C@@H]1C(C(C)C)[C@@H](COCP(=O)(OCCSC(=O)C(C)(C)C)OCCSC(=O)C(C)(C)C)O[C@H]1n1cc(C)c(=O)[nH]c1=O. The molecule has 270 valence electrons. The summed E-state index contributed by atoms with van der Waals surface area (Å²) in [7, 11) is -2.26. The summed E-state index contributed by atoms with van der Waals surface area (Å²) in [6.07, 6.45) is -0.994. The second kappa shape index (κ2) is 18.6. The van der Waals surface area contributed by atoms with Crippen LogP contribution in [0.25, 0.3) is 0 Å². The molecule has 0 radical (unpaired) electrons. The molecule has 16 heteroatoms.